The number of ether oxygens (including phenoxy) is 1. The predicted octanol–water partition coefficient (Wildman–Crippen LogP) is 0.216. The fourth-order valence-corrected chi connectivity index (χ4v) is 0.678. The molecule has 0 saturated carbocycles. The average molecular weight is 183 g/mol. The van der Waals surface area contributed by atoms with Gasteiger partial charge < -0.3 is 10.5 Å². The number of benzene rings is 1. The highest BCUT2D eigenvalue weighted by atomic mass is 19.1. The second kappa shape index (κ2) is 3.66. The maximum absolute atomic E-state index is 12.8. The molecule has 1 aromatic rings. The van der Waals surface area contributed by atoms with Crippen molar-refractivity contribution in [3.05, 3.63) is 30.1 Å². The molecule has 0 aromatic heterocycles. The summed E-state index contributed by atoms with van der Waals surface area (Å²) in [5.41, 5.74) is 4.60. The van der Waals surface area contributed by atoms with Gasteiger partial charge in [-0.15, -0.1) is 0 Å². The summed E-state index contributed by atoms with van der Waals surface area (Å²) in [6, 6.07) is 5.21. The SMILES string of the molecule is NC(=O)C(=O)Oc1ccccc1F. The van der Waals surface area contributed by atoms with Crippen LogP contribution in [0.15, 0.2) is 24.3 Å². The largest absolute Gasteiger partial charge is 0.416 e. The molecule has 0 unspecified atom stereocenters. The van der Waals surface area contributed by atoms with Gasteiger partial charge in [0.2, 0.25) is 0 Å². The molecule has 5 heteroatoms. The van der Waals surface area contributed by atoms with Crippen molar-refractivity contribution in [3.63, 3.8) is 0 Å². The Morgan fingerprint density at radius 1 is 1.31 bits per heavy atom. The van der Waals surface area contributed by atoms with Crippen LogP contribution >= 0.6 is 0 Å². The Bertz CT molecular complexity index is 351. The van der Waals surface area contributed by atoms with Gasteiger partial charge >= 0.3 is 11.9 Å². The van der Waals surface area contributed by atoms with E-state index in [0.29, 0.717) is 0 Å². The lowest BCUT2D eigenvalue weighted by molar-refractivity contribution is -0.146. The minimum atomic E-state index is -1.29. The van der Waals surface area contributed by atoms with E-state index in [0.717, 1.165) is 6.07 Å². The number of hydrogen-bond acceptors (Lipinski definition) is 3. The predicted molar refractivity (Wildman–Crippen MR) is 41.2 cm³/mol. The van der Waals surface area contributed by atoms with Gasteiger partial charge in [-0.1, -0.05) is 12.1 Å². The molecular formula is C8H6FNO3. The first-order chi connectivity index (χ1) is 6.11. The molecule has 0 heterocycles. The third-order valence-electron chi connectivity index (χ3n) is 1.24. The molecule has 1 rings (SSSR count). The van der Waals surface area contributed by atoms with E-state index >= 15 is 0 Å². The van der Waals surface area contributed by atoms with Crippen molar-refractivity contribution in [3.8, 4) is 5.75 Å². The third kappa shape index (κ3) is 2.26. The number of rotatable bonds is 1. The molecule has 0 radical (unpaired) electrons. The van der Waals surface area contributed by atoms with Gasteiger partial charge in [-0.05, 0) is 12.1 Å². The van der Waals surface area contributed by atoms with E-state index in [-0.39, 0.29) is 5.75 Å². The summed E-state index contributed by atoms with van der Waals surface area (Å²) in [4.78, 5) is 20.8. The number of nitrogens with two attached hydrogens (primary N) is 1. The summed E-state index contributed by atoms with van der Waals surface area (Å²) in [6.07, 6.45) is 0. The second-order valence-corrected chi connectivity index (χ2v) is 2.18. The molecule has 0 spiro atoms. The number of primary amides is 1. The van der Waals surface area contributed by atoms with Gasteiger partial charge in [0.1, 0.15) is 0 Å². The van der Waals surface area contributed by atoms with Crippen LogP contribution in [-0.2, 0) is 9.59 Å². The standard InChI is InChI=1S/C8H6FNO3/c9-5-3-1-2-4-6(5)13-8(12)7(10)11/h1-4H,(H2,10,11). The molecule has 0 fully saturated rings. The molecule has 0 atom stereocenters. The van der Waals surface area contributed by atoms with E-state index in [9.17, 15) is 14.0 Å². The zero-order valence-electron chi connectivity index (χ0n) is 6.49. The zero-order valence-corrected chi connectivity index (χ0v) is 6.49. The first-order valence-electron chi connectivity index (χ1n) is 3.37. The lowest BCUT2D eigenvalue weighted by Gasteiger charge is -2.01. The fourth-order valence-electron chi connectivity index (χ4n) is 0.678. The van der Waals surface area contributed by atoms with Crippen LogP contribution in [0.4, 0.5) is 4.39 Å². The molecular weight excluding hydrogens is 177 g/mol. The van der Waals surface area contributed by atoms with Gasteiger partial charge in [0.05, 0.1) is 0 Å². The average Bonchev–Trinajstić information content (AvgIpc) is 2.08. The van der Waals surface area contributed by atoms with Crippen LogP contribution in [0.3, 0.4) is 0 Å². The monoisotopic (exact) mass is 183 g/mol. The van der Waals surface area contributed by atoms with Crippen LogP contribution in [-0.4, -0.2) is 11.9 Å². The van der Waals surface area contributed by atoms with Gasteiger partial charge in [-0.3, -0.25) is 4.79 Å². The number of hydrogen-bond donors (Lipinski definition) is 1. The lowest BCUT2D eigenvalue weighted by atomic mass is 10.3. The van der Waals surface area contributed by atoms with Crippen LogP contribution in [0.2, 0.25) is 0 Å². The highest BCUT2D eigenvalue weighted by molar-refractivity contribution is 6.32. The van der Waals surface area contributed by atoms with E-state index in [1.54, 1.807) is 0 Å². The van der Waals surface area contributed by atoms with Crippen LogP contribution in [0.5, 0.6) is 5.75 Å². The number of esters is 1. The van der Waals surface area contributed by atoms with Crippen LogP contribution in [0, 0.1) is 5.82 Å². The Morgan fingerprint density at radius 2 is 1.92 bits per heavy atom. The fraction of sp³-hybridized carbons (Fsp3) is 0. The molecule has 1 amide bonds. The van der Waals surface area contributed by atoms with E-state index in [1.165, 1.54) is 18.2 Å². The summed E-state index contributed by atoms with van der Waals surface area (Å²) in [6.45, 7) is 0. The van der Waals surface area contributed by atoms with Crippen LogP contribution in [0.1, 0.15) is 0 Å². The van der Waals surface area contributed by atoms with Gasteiger partial charge in [0.15, 0.2) is 11.6 Å². The zero-order chi connectivity index (χ0) is 9.84. The molecule has 0 aliphatic heterocycles. The van der Waals surface area contributed by atoms with Gasteiger partial charge in [0.25, 0.3) is 0 Å². The third-order valence-corrected chi connectivity index (χ3v) is 1.24. The van der Waals surface area contributed by atoms with Crippen molar-refractivity contribution in [2.75, 3.05) is 0 Å². The second-order valence-electron chi connectivity index (χ2n) is 2.18. The lowest BCUT2D eigenvalue weighted by Crippen LogP contribution is -2.28. The molecule has 1 aromatic carbocycles. The number of carbonyl (C=O) groups excluding carboxylic acids is 2. The molecule has 4 nitrogen and oxygen atoms in total. The maximum Gasteiger partial charge on any atom is 0.402 e. The van der Waals surface area contributed by atoms with Crippen molar-refractivity contribution in [1.29, 1.82) is 0 Å². The maximum atomic E-state index is 12.8. The Balaban J connectivity index is 2.81. The van der Waals surface area contributed by atoms with Crippen molar-refractivity contribution >= 4 is 11.9 Å². The highest BCUT2D eigenvalue weighted by Gasteiger charge is 2.13. The summed E-state index contributed by atoms with van der Waals surface area (Å²) >= 11 is 0. The van der Waals surface area contributed by atoms with Crippen LogP contribution in [0.25, 0.3) is 0 Å². The number of amides is 1. The Kier molecular flexibility index (Phi) is 2.59. The summed E-state index contributed by atoms with van der Waals surface area (Å²) < 4.78 is 17.1. The minimum absolute atomic E-state index is 0.314. The number of halogens is 1. The molecule has 0 saturated heterocycles. The van der Waals surface area contributed by atoms with E-state index in [1.807, 2.05) is 0 Å². The summed E-state index contributed by atoms with van der Waals surface area (Å²) in [7, 11) is 0. The van der Waals surface area contributed by atoms with Gasteiger partial charge in [0, 0.05) is 0 Å². The van der Waals surface area contributed by atoms with Gasteiger partial charge in [-0.25, -0.2) is 9.18 Å². The highest BCUT2D eigenvalue weighted by Crippen LogP contribution is 2.15. The molecule has 0 aliphatic rings. The first-order valence-corrected chi connectivity index (χ1v) is 3.37. The molecule has 0 aliphatic carbocycles. The van der Waals surface area contributed by atoms with Crippen LogP contribution < -0.4 is 10.5 Å². The Hall–Kier alpha value is -1.91. The summed E-state index contributed by atoms with van der Waals surface area (Å²) in [5.74, 6) is -3.59. The summed E-state index contributed by atoms with van der Waals surface area (Å²) in [5, 5.41) is 0. The quantitative estimate of drug-likeness (QED) is 0.384. The van der Waals surface area contributed by atoms with Gasteiger partial charge in [-0.2, -0.15) is 0 Å². The normalized spacial score (nSPS) is 9.31. The van der Waals surface area contributed by atoms with Crippen molar-refractivity contribution in [1.82, 2.24) is 0 Å². The number of para-hydroxylation sites is 1. The molecule has 2 N–H and O–H groups in total. The molecule has 13 heavy (non-hydrogen) atoms. The smallest absolute Gasteiger partial charge is 0.402 e. The molecule has 0 bridgehead atoms. The number of carbonyl (C=O) groups is 2. The van der Waals surface area contributed by atoms with Crippen molar-refractivity contribution < 1.29 is 18.7 Å². The molecule has 68 valence electrons. The topological polar surface area (TPSA) is 69.4 Å². The van der Waals surface area contributed by atoms with Crippen molar-refractivity contribution in [2.24, 2.45) is 5.73 Å². The van der Waals surface area contributed by atoms with E-state index < -0.39 is 17.7 Å². The van der Waals surface area contributed by atoms with E-state index in [4.69, 9.17) is 0 Å². The minimum Gasteiger partial charge on any atom is -0.416 e. The first kappa shape index (κ1) is 9.18. The Morgan fingerprint density at radius 3 is 2.46 bits per heavy atom. The van der Waals surface area contributed by atoms with Crippen molar-refractivity contribution in [2.45, 2.75) is 0 Å². The Labute approximate surface area is 73.1 Å². The van der Waals surface area contributed by atoms with E-state index in [2.05, 4.69) is 10.5 Å².